The van der Waals surface area contributed by atoms with Crippen LogP contribution in [0.15, 0.2) is 76.5 Å². The summed E-state index contributed by atoms with van der Waals surface area (Å²) in [6.45, 7) is 3.90. The number of hydrogen-bond acceptors (Lipinski definition) is 5. The second-order valence-corrected chi connectivity index (χ2v) is 7.39. The van der Waals surface area contributed by atoms with Crippen LogP contribution in [0, 0.1) is 13.8 Å². The van der Waals surface area contributed by atoms with Crippen molar-refractivity contribution < 1.29 is 9.21 Å². The lowest BCUT2D eigenvalue weighted by Gasteiger charge is -2.09. The summed E-state index contributed by atoms with van der Waals surface area (Å²) in [6.07, 6.45) is 1.64. The minimum atomic E-state index is 0.0636. The Balaban J connectivity index is 1.66. The van der Waals surface area contributed by atoms with Crippen molar-refractivity contribution in [3.05, 3.63) is 83.8 Å². The van der Waals surface area contributed by atoms with E-state index in [0.717, 1.165) is 22.6 Å². The normalized spacial score (nSPS) is 10.9. The van der Waals surface area contributed by atoms with Gasteiger partial charge in [-0.25, -0.2) is 0 Å². The number of rotatable bonds is 6. The molecule has 0 radical (unpaired) electrons. The van der Waals surface area contributed by atoms with Crippen molar-refractivity contribution in [2.75, 3.05) is 5.75 Å². The topological polar surface area (TPSA) is 60.9 Å². The third-order valence-electron chi connectivity index (χ3n) is 4.45. The van der Waals surface area contributed by atoms with Gasteiger partial charge in [0.1, 0.15) is 5.76 Å². The molecule has 0 saturated carbocycles. The number of aromatic nitrogens is 3. The average molecular weight is 389 g/mol. The molecule has 0 fully saturated rings. The van der Waals surface area contributed by atoms with Gasteiger partial charge in [-0.05, 0) is 32.0 Å². The molecule has 0 bridgehead atoms. The highest BCUT2D eigenvalue weighted by Crippen LogP contribution is 2.30. The van der Waals surface area contributed by atoms with E-state index in [1.165, 1.54) is 11.8 Å². The number of nitrogens with zero attached hydrogens (tertiary/aromatic N) is 3. The summed E-state index contributed by atoms with van der Waals surface area (Å²) >= 11 is 1.38. The Hall–Kier alpha value is -3.12. The van der Waals surface area contributed by atoms with Crippen LogP contribution >= 0.6 is 11.8 Å². The first kappa shape index (κ1) is 18.3. The molecule has 0 aliphatic heterocycles. The molecule has 2 heterocycles. The molecule has 0 aliphatic carbocycles. The molecule has 4 rings (SSSR count). The molecule has 6 heteroatoms. The molecule has 4 aromatic rings. The molecule has 2 aromatic heterocycles. The van der Waals surface area contributed by atoms with Crippen LogP contribution in [0.25, 0.3) is 17.1 Å². The van der Waals surface area contributed by atoms with E-state index in [1.807, 2.05) is 79.1 Å². The van der Waals surface area contributed by atoms with Gasteiger partial charge in [0.05, 0.1) is 17.6 Å². The van der Waals surface area contributed by atoms with E-state index in [2.05, 4.69) is 10.2 Å². The van der Waals surface area contributed by atoms with Crippen LogP contribution in [0.4, 0.5) is 0 Å². The van der Waals surface area contributed by atoms with Gasteiger partial charge in [0, 0.05) is 11.3 Å². The lowest BCUT2D eigenvalue weighted by atomic mass is 10.1. The van der Waals surface area contributed by atoms with Crippen LogP contribution in [-0.2, 0) is 0 Å². The molecule has 5 nitrogen and oxygen atoms in total. The molecule has 0 aliphatic rings. The Bertz CT molecular complexity index is 1100. The second-order valence-electron chi connectivity index (χ2n) is 6.45. The molecule has 0 unspecified atom stereocenters. The molecule has 0 amide bonds. The van der Waals surface area contributed by atoms with Gasteiger partial charge in [0.25, 0.3) is 0 Å². The van der Waals surface area contributed by atoms with Gasteiger partial charge < -0.3 is 4.42 Å². The Morgan fingerprint density at radius 2 is 1.75 bits per heavy atom. The third kappa shape index (κ3) is 3.64. The number of ketones is 1. The van der Waals surface area contributed by atoms with Crippen molar-refractivity contribution in [3.8, 4) is 17.1 Å². The predicted molar refractivity (Wildman–Crippen MR) is 110 cm³/mol. The Morgan fingerprint density at radius 3 is 2.43 bits per heavy atom. The SMILES string of the molecule is Cc1ccc(C(=O)CSc2nnc(-c3ccoc3C)n2-c2ccccc2)cc1. The van der Waals surface area contributed by atoms with E-state index in [9.17, 15) is 4.79 Å². The standard InChI is InChI=1S/C22H19N3O2S/c1-15-8-10-17(11-9-15)20(26)14-28-22-24-23-21(19-12-13-27-16(19)2)25(22)18-6-4-3-5-7-18/h3-13H,14H2,1-2H3. The van der Waals surface area contributed by atoms with E-state index in [-0.39, 0.29) is 5.78 Å². The summed E-state index contributed by atoms with van der Waals surface area (Å²) in [6, 6.07) is 19.4. The van der Waals surface area contributed by atoms with Crippen molar-refractivity contribution in [3.63, 3.8) is 0 Å². The quantitative estimate of drug-likeness (QED) is 0.338. The highest BCUT2D eigenvalue weighted by Gasteiger charge is 2.19. The van der Waals surface area contributed by atoms with Crippen LogP contribution in [-0.4, -0.2) is 26.3 Å². The zero-order valence-corrected chi connectivity index (χ0v) is 16.4. The molecule has 0 N–H and O–H groups in total. The van der Waals surface area contributed by atoms with Crippen LogP contribution < -0.4 is 0 Å². The monoisotopic (exact) mass is 389 g/mol. The molecule has 0 spiro atoms. The first-order valence-electron chi connectivity index (χ1n) is 8.91. The van der Waals surface area contributed by atoms with E-state index in [4.69, 9.17) is 4.42 Å². The molecule has 140 valence electrons. The number of para-hydroxylation sites is 1. The van der Waals surface area contributed by atoms with E-state index >= 15 is 0 Å². The van der Waals surface area contributed by atoms with E-state index < -0.39 is 0 Å². The maximum Gasteiger partial charge on any atom is 0.196 e. The fourth-order valence-electron chi connectivity index (χ4n) is 2.92. The van der Waals surface area contributed by atoms with Crippen molar-refractivity contribution >= 4 is 17.5 Å². The third-order valence-corrected chi connectivity index (χ3v) is 5.38. The first-order chi connectivity index (χ1) is 13.6. The van der Waals surface area contributed by atoms with E-state index in [1.54, 1.807) is 6.26 Å². The molecule has 0 saturated heterocycles. The van der Waals surface area contributed by atoms with Crippen LogP contribution in [0.2, 0.25) is 0 Å². The summed E-state index contributed by atoms with van der Waals surface area (Å²) in [4.78, 5) is 12.6. The van der Waals surface area contributed by atoms with Crippen LogP contribution in [0.1, 0.15) is 21.7 Å². The van der Waals surface area contributed by atoms with E-state index in [0.29, 0.717) is 22.3 Å². The van der Waals surface area contributed by atoms with Crippen molar-refractivity contribution in [2.24, 2.45) is 0 Å². The highest BCUT2D eigenvalue weighted by atomic mass is 32.2. The number of carbonyl (C=O) groups excluding carboxylic acids is 1. The van der Waals surface area contributed by atoms with Crippen molar-refractivity contribution in [2.45, 2.75) is 19.0 Å². The summed E-state index contributed by atoms with van der Waals surface area (Å²) < 4.78 is 7.41. The zero-order valence-electron chi connectivity index (χ0n) is 15.6. The maximum atomic E-state index is 12.6. The van der Waals surface area contributed by atoms with Gasteiger partial charge >= 0.3 is 0 Å². The number of carbonyl (C=O) groups is 1. The van der Waals surface area contributed by atoms with Crippen LogP contribution in [0.3, 0.4) is 0 Å². The average Bonchev–Trinajstić information content (AvgIpc) is 3.33. The number of furan rings is 1. The number of Topliss-reactive ketones (excluding diaryl/α,β-unsaturated/α-hetero) is 1. The van der Waals surface area contributed by atoms with Crippen molar-refractivity contribution in [1.82, 2.24) is 14.8 Å². The lowest BCUT2D eigenvalue weighted by Crippen LogP contribution is -2.05. The first-order valence-corrected chi connectivity index (χ1v) is 9.90. The highest BCUT2D eigenvalue weighted by molar-refractivity contribution is 7.99. The molecular weight excluding hydrogens is 370 g/mol. The van der Waals surface area contributed by atoms with Gasteiger partial charge in [-0.1, -0.05) is 59.8 Å². The summed E-state index contributed by atoms with van der Waals surface area (Å²) in [5.41, 5.74) is 3.66. The summed E-state index contributed by atoms with van der Waals surface area (Å²) in [5, 5.41) is 9.40. The predicted octanol–water partition coefficient (Wildman–Crippen LogP) is 5.12. The maximum absolute atomic E-state index is 12.6. The molecular formula is C22H19N3O2S. The minimum Gasteiger partial charge on any atom is -0.469 e. The fourth-order valence-corrected chi connectivity index (χ4v) is 3.76. The van der Waals surface area contributed by atoms with Gasteiger partial charge in [-0.15, -0.1) is 10.2 Å². The lowest BCUT2D eigenvalue weighted by molar-refractivity contribution is 0.102. The molecule has 0 atom stereocenters. The van der Waals surface area contributed by atoms with Gasteiger partial charge in [-0.2, -0.15) is 0 Å². The number of aryl methyl sites for hydroxylation is 2. The minimum absolute atomic E-state index is 0.0636. The second kappa shape index (κ2) is 7.86. The summed E-state index contributed by atoms with van der Waals surface area (Å²) in [7, 11) is 0. The number of hydrogen-bond donors (Lipinski definition) is 0. The molecule has 2 aromatic carbocycles. The zero-order chi connectivity index (χ0) is 19.5. The van der Waals surface area contributed by atoms with Crippen molar-refractivity contribution in [1.29, 1.82) is 0 Å². The fraction of sp³-hybridized carbons (Fsp3) is 0.136. The summed E-state index contributed by atoms with van der Waals surface area (Å²) in [5.74, 6) is 1.83. The molecule has 28 heavy (non-hydrogen) atoms. The Kier molecular flexibility index (Phi) is 5.12. The smallest absolute Gasteiger partial charge is 0.196 e. The van der Waals surface area contributed by atoms with Gasteiger partial charge in [0.15, 0.2) is 16.8 Å². The van der Waals surface area contributed by atoms with Gasteiger partial charge in [-0.3, -0.25) is 9.36 Å². The number of benzene rings is 2. The van der Waals surface area contributed by atoms with Crippen LogP contribution in [0.5, 0.6) is 0 Å². The van der Waals surface area contributed by atoms with Gasteiger partial charge in [0.2, 0.25) is 0 Å². The number of thioether (sulfide) groups is 1. The largest absolute Gasteiger partial charge is 0.469 e. The Morgan fingerprint density at radius 1 is 1.00 bits per heavy atom. The Labute approximate surface area is 167 Å².